The summed E-state index contributed by atoms with van der Waals surface area (Å²) in [4.78, 5) is 24.5. The van der Waals surface area contributed by atoms with Gasteiger partial charge in [0, 0.05) is 12.8 Å². The van der Waals surface area contributed by atoms with E-state index in [4.69, 9.17) is 9.47 Å². The first kappa shape index (κ1) is 59.8. The second-order valence-electron chi connectivity index (χ2n) is 16.1. The minimum absolute atomic E-state index is 0.0935. The van der Waals surface area contributed by atoms with Crippen LogP contribution in [0.5, 0.6) is 0 Å². The molecule has 0 saturated carbocycles. The standard InChI is InChI=1S/C59H92O5/c1-3-5-7-9-11-13-15-17-19-21-23-25-27-29-31-33-35-37-39-41-43-45-47-49-51-53-58(61)63-56-57(55-60)64-59(62)54-52-50-48-46-44-42-40-38-36-34-32-30-28-26-24-22-20-18-16-14-12-10-8-6-4-2/h5-8,11-14,17-20,23-26,29-32,36,38,42,44,57,60H,3-4,9-10,15-16,21-22,27-28,33-35,37,39-41,43,45-56H2,1-2H3/b7-5-,8-6-,13-11-,14-12-,19-17-,20-18-,25-23-,26-24-,31-29-,32-30-,38-36-,44-42-. The molecule has 0 heterocycles. The lowest BCUT2D eigenvalue weighted by Crippen LogP contribution is -2.28. The second kappa shape index (κ2) is 53.1. The van der Waals surface area contributed by atoms with Gasteiger partial charge in [-0.25, -0.2) is 0 Å². The van der Waals surface area contributed by atoms with Gasteiger partial charge in [0.2, 0.25) is 0 Å². The van der Waals surface area contributed by atoms with Crippen molar-refractivity contribution in [1.82, 2.24) is 0 Å². The molecule has 0 aliphatic heterocycles. The fourth-order valence-corrected chi connectivity index (χ4v) is 6.38. The molecule has 358 valence electrons. The molecule has 5 heteroatoms. The molecular weight excluding hydrogens is 789 g/mol. The van der Waals surface area contributed by atoms with E-state index in [0.717, 1.165) is 128 Å². The number of hydrogen-bond acceptors (Lipinski definition) is 5. The second-order valence-corrected chi connectivity index (χ2v) is 16.1. The van der Waals surface area contributed by atoms with Crippen molar-refractivity contribution >= 4 is 11.9 Å². The number of aliphatic hydroxyl groups excluding tert-OH is 1. The molecule has 5 nitrogen and oxygen atoms in total. The molecule has 1 N–H and O–H groups in total. The van der Waals surface area contributed by atoms with Gasteiger partial charge in [-0.1, -0.05) is 211 Å². The number of rotatable bonds is 44. The molecule has 1 atom stereocenters. The summed E-state index contributed by atoms with van der Waals surface area (Å²) in [6, 6.07) is 0. The fraction of sp³-hybridized carbons (Fsp3) is 0.559. The molecule has 0 radical (unpaired) electrons. The molecule has 0 bridgehead atoms. The summed E-state index contributed by atoms with van der Waals surface area (Å²) >= 11 is 0. The predicted molar refractivity (Wildman–Crippen MR) is 278 cm³/mol. The van der Waals surface area contributed by atoms with E-state index in [9.17, 15) is 14.7 Å². The van der Waals surface area contributed by atoms with Gasteiger partial charge < -0.3 is 14.6 Å². The van der Waals surface area contributed by atoms with Crippen molar-refractivity contribution in [2.75, 3.05) is 13.2 Å². The van der Waals surface area contributed by atoms with Gasteiger partial charge in [-0.15, -0.1) is 0 Å². The minimum atomic E-state index is -0.805. The Labute approximate surface area is 393 Å². The van der Waals surface area contributed by atoms with Gasteiger partial charge in [-0.2, -0.15) is 0 Å². The summed E-state index contributed by atoms with van der Waals surface area (Å²) in [6.07, 6.45) is 80.7. The number of ether oxygens (including phenoxy) is 2. The molecule has 0 aliphatic rings. The first-order chi connectivity index (χ1) is 31.6. The first-order valence-electron chi connectivity index (χ1n) is 25.4. The van der Waals surface area contributed by atoms with E-state index in [1.807, 2.05) is 0 Å². The van der Waals surface area contributed by atoms with Gasteiger partial charge in [0.25, 0.3) is 0 Å². The van der Waals surface area contributed by atoms with E-state index in [1.165, 1.54) is 38.5 Å². The summed E-state index contributed by atoms with van der Waals surface area (Å²) in [7, 11) is 0. The van der Waals surface area contributed by atoms with Crippen molar-refractivity contribution in [3.8, 4) is 0 Å². The molecule has 0 aromatic carbocycles. The van der Waals surface area contributed by atoms with E-state index < -0.39 is 6.10 Å². The maximum atomic E-state index is 12.3. The molecule has 0 saturated heterocycles. The van der Waals surface area contributed by atoms with Crippen molar-refractivity contribution in [2.24, 2.45) is 0 Å². The molecular formula is C59H92O5. The van der Waals surface area contributed by atoms with Crippen molar-refractivity contribution in [3.63, 3.8) is 0 Å². The van der Waals surface area contributed by atoms with Crippen LogP contribution in [-0.2, 0) is 19.1 Å². The number of carbonyl (C=O) groups is 2. The van der Waals surface area contributed by atoms with Crippen molar-refractivity contribution in [2.45, 2.75) is 200 Å². The predicted octanol–water partition coefficient (Wildman–Crippen LogP) is 17.1. The normalized spacial score (nSPS) is 13.5. The summed E-state index contributed by atoms with van der Waals surface area (Å²) < 4.78 is 10.6. The Morgan fingerprint density at radius 3 is 0.953 bits per heavy atom. The van der Waals surface area contributed by atoms with E-state index in [-0.39, 0.29) is 25.2 Å². The quantitative estimate of drug-likeness (QED) is 0.0375. The van der Waals surface area contributed by atoms with Crippen LogP contribution in [0.3, 0.4) is 0 Å². The zero-order valence-corrected chi connectivity index (χ0v) is 40.7. The number of esters is 2. The molecule has 0 aliphatic carbocycles. The average Bonchev–Trinajstić information content (AvgIpc) is 3.30. The van der Waals surface area contributed by atoms with Crippen LogP contribution < -0.4 is 0 Å². The Kier molecular flexibility index (Phi) is 49.6. The molecule has 1 unspecified atom stereocenters. The minimum Gasteiger partial charge on any atom is -0.462 e. The lowest BCUT2D eigenvalue weighted by Gasteiger charge is -2.15. The van der Waals surface area contributed by atoms with Crippen LogP contribution in [0.1, 0.15) is 194 Å². The molecule has 0 rings (SSSR count). The van der Waals surface area contributed by atoms with Crippen LogP contribution in [0.15, 0.2) is 146 Å². The zero-order chi connectivity index (χ0) is 46.3. The van der Waals surface area contributed by atoms with Gasteiger partial charge in [0.1, 0.15) is 6.61 Å². The Bertz CT molecular complexity index is 1410. The van der Waals surface area contributed by atoms with Crippen LogP contribution >= 0.6 is 0 Å². The molecule has 0 amide bonds. The van der Waals surface area contributed by atoms with Crippen molar-refractivity contribution < 1.29 is 24.2 Å². The lowest BCUT2D eigenvalue weighted by atomic mass is 10.1. The van der Waals surface area contributed by atoms with E-state index in [0.29, 0.717) is 12.8 Å². The highest BCUT2D eigenvalue weighted by Crippen LogP contribution is 2.13. The number of aliphatic hydroxyl groups is 1. The third-order valence-corrected chi connectivity index (χ3v) is 10.1. The highest BCUT2D eigenvalue weighted by molar-refractivity contribution is 5.70. The number of hydrogen-bond donors (Lipinski definition) is 1. The van der Waals surface area contributed by atoms with Gasteiger partial charge in [-0.05, 0) is 116 Å². The number of allylic oxidation sites excluding steroid dienone is 24. The van der Waals surface area contributed by atoms with Crippen LogP contribution in [-0.4, -0.2) is 36.4 Å². The molecule has 0 aromatic rings. The third-order valence-electron chi connectivity index (χ3n) is 10.1. The Morgan fingerprint density at radius 1 is 0.359 bits per heavy atom. The number of carbonyl (C=O) groups excluding carboxylic acids is 2. The highest BCUT2D eigenvalue weighted by Gasteiger charge is 2.16. The monoisotopic (exact) mass is 881 g/mol. The van der Waals surface area contributed by atoms with Crippen molar-refractivity contribution in [1.29, 1.82) is 0 Å². The average molecular weight is 881 g/mol. The summed E-state index contributed by atoms with van der Waals surface area (Å²) in [5.74, 6) is -0.649. The summed E-state index contributed by atoms with van der Waals surface area (Å²) in [5.41, 5.74) is 0. The first-order valence-corrected chi connectivity index (χ1v) is 25.4. The Morgan fingerprint density at radius 2 is 0.625 bits per heavy atom. The topological polar surface area (TPSA) is 72.8 Å². The van der Waals surface area contributed by atoms with E-state index in [2.05, 4.69) is 160 Å². The van der Waals surface area contributed by atoms with Gasteiger partial charge >= 0.3 is 11.9 Å². The molecule has 0 spiro atoms. The molecule has 64 heavy (non-hydrogen) atoms. The Hall–Kier alpha value is -4.22. The Balaban J connectivity index is 3.66. The van der Waals surface area contributed by atoms with Crippen LogP contribution in [0, 0.1) is 0 Å². The molecule has 0 fully saturated rings. The van der Waals surface area contributed by atoms with E-state index >= 15 is 0 Å². The van der Waals surface area contributed by atoms with E-state index in [1.54, 1.807) is 0 Å². The largest absolute Gasteiger partial charge is 0.462 e. The highest BCUT2D eigenvalue weighted by atomic mass is 16.6. The molecule has 0 aromatic heterocycles. The van der Waals surface area contributed by atoms with Gasteiger partial charge in [-0.3, -0.25) is 9.59 Å². The smallest absolute Gasteiger partial charge is 0.306 e. The van der Waals surface area contributed by atoms with Crippen LogP contribution in [0.2, 0.25) is 0 Å². The lowest BCUT2D eigenvalue weighted by molar-refractivity contribution is -0.161. The van der Waals surface area contributed by atoms with Crippen LogP contribution in [0.25, 0.3) is 0 Å². The maximum absolute atomic E-state index is 12.3. The summed E-state index contributed by atoms with van der Waals surface area (Å²) in [6.45, 7) is 3.87. The SMILES string of the molecule is CC/C=C\C/C=C\C/C=C\C/C=C\C/C=C\C/C=C\C/C=C\CCCCCC(=O)OC(CO)COC(=O)CCCCCCCCCCC/C=C\C/C=C\C/C=C\C/C=C\C/C=C\CC. The van der Waals surface area contributed by atoms with Gasteiger partial charge in [0.15, 0.2) is 6.10 Å². The third kappa shape index (κ3) is 50.4. The van der Waals surface area contributed by atoms with Crippen molar-refractivity contribution in [3.05, 3.63) is 146 Å². The zero-order valence-electron chi connectivity index (χ0n) is 40.7. The van der Waals surface area contributed by atoms with Gasteiger partial charge in [0.05, 0.1) is 6.61 Å². The van der Waals surface area contributed by atoms with Crippen LogP contribution in [0.4, 0.5) is 0 Å². The maximum Gasteiger partial charge on any atom is 0.306 e. The summed E-state index contributed by atoms with van der Waals surface area (Å²) in [5, 5.41) is 9.63. The number of unbranched alkanes of at least 4 members (excludes halogenated alkanes) is 12. The fourth-order valence-electron chi connectivity index (χ4n) is 6.38.